The molecule has 0 saturated carbocycles. The summed E-state index contributed by atoms with van der Waals surface area (Å²) in [5.74, 6) is 2.78. The number of benzene rings is 2. The molecule has 2 aromatic carbocycles. The Hall–Kier alpha value is -3.46. The smallest absolute Gasteiger partial charge is 0.408 e. The number of hydrogen-bond donors (Lipinski definition) is 2. The van der Waals surface area contributed by atoms with E-state index in [4.69, 9.17) is 15.9 Å². The highest BCUT2D eigenvalue weighted by atomic mass is 16.6. The van der Waals surface area contributed by atoms with Gasteiger partial charge in [-0.1, -0.05) is 54.8 Å². The Morgan fingerprint density at radius 1 is 1.00 bits per heavy atom. The molecule has 0 saturated heterocycles. The molecule has 6 nitrogen and oxygen atoms in total. The largest absolute Gasteiger partial charge is 0.481 e. The Bertz CT molecular complexity index is 930. The number of hydrogen-bond acceptors (Lipinski definition) is 4. The monoisotopic (exact) mass is 450 g/mol. The van der Waals surface area contributed by atoms with Crippen LogP contribution in [0.5, 0.6) is 5.75 Å². The molecular formula is C27H34N2O4. The van der Waals surface area contributed by atoms with Gasteiger partial charge >= 0.3 is 6.09 Å². The fourth-order valence-electron chi connectivity index (χ4n) is 3.37. The maximum atomic E-state index is 13.0. The molecule has 0 aromatic heterocycles. The SMILES string of the molecule is C#CCOc1ccc(CCNC(=O)[C@@H](NC(=O)OC(C)C)[C@H](C)Cc2ccc(C)cc2)cc1. The standard InChI is InChI=1S/C27H34N2O4/c1-6-17-32-24-13-11-22(12-14-24)15-16-28-26(30)25(29-27(31)33-19(2)3)21(5)18-23-9-7-20(4)8-10-23/h1,7-14,19,21,25H,15-18H2,2-5H3,(H,28,30)(H,29,31)/t21-,25+/m1/s1. The van der Waals surface area contributed by atoms with Gasteiger partial charge in [-0.25, -0.2) is 4.79 Å². The summed E-state index contributed by atoms with van der Waals surface area (Å²) in [6, 6.07) is 15.0. The summed E-state index contributed by atoms with van der Waals surface area (Å²) in [7, 11) is 0. The summed E-state index contributed by atoms with van der Waals surface area (Å²) in [5, 5.41) is 5.70. The number of aryl methyl sites for hydroxylation is 1. The van der Waals surface area contributed by atoms with E-state index in [2.05, 4.69) is 16.6 Å². The molecular weight excluding hydrogens is 416 g/mol. The van der Waals surface area contributed by atoms with Crippen molar-refractivity contribution in [1.29, 1.82) is 0 Å². The van der Waals surface area contributed by atoms with Gasteiger partial charge in [0.15, 0.2) is 0 Å². The topological polar surface area (TPSA) is 76.7 Å². The van der Waals surface area contributed by atoms with Crippen molar-refractivity contribution >= 4 is 12.0 Å². The molecule has 2 N–H and O–H groups in total. The first-order valence-electron chi connectivity index (χ1n) is 11.2. The van der Waals surface area contributed by atoms with Crippen molar-refractivity contribution in [3.63, 3.8) is 0 Å². The fourth-order valence-corrected chi connectivity index (χ4v) is 3.37. The molecule has 0 radical (unpaired) electrons. The molecule has 2 atom stereocenters. The third-order valence-electron chi connectivity index (χ3n) is 5.10. The Morgan fingerprint density at radius 2 is 1.64 bits per heavy atom. The van der Waals surface area contributed by atoms with Crippen molar-refractivity contribution in [3.05, 3.63) is 65.2 Å². The molecule has 2 amide bonds. The van der Waals surface area contributed by atoms with Gasteiger partial charge in [0.25, 0.3) is 0 Å². The van der Waals surface area contributed by atoms with Gasteiger partial charge in [-0.15, -0.1) is 6.42 Å². The summed E-state index contributed by atoms with van der Waals surface area (Å²) in [6.07, 6.45) is 5.64. The fraction of sp³-hybridized carbons (Fsp3) is 0.407. The van der Waals surface area contributed by atoms with Gasteiger partial charge in [0.1, 0.15) is 18.4 Å². The quantitative estimate of drug-likeness (QED) is 0.507. The molecule has 176 valence electrons. The number of carbonyl (C=O) groups excluding carboxylic acids is 2. The first-order valence-corrected chi connectivity index (χ1v) is 11.2. The number of ether oxygens (including phenoxy) is 2. The van der Waals surface area contributed by atoms with E-state index in [0.717, 1.165) is 11.1 Å². The summed E-state index contributed by atoms with van der Waals surface area (Å²) in [6.45, 7) is 8.20. The lowest BCUT2D eigenvalue weighted by Crippen LogP contribution is -2.51. The van der Waals surface area contributed by atoms with Gasteiger partial charge < -0.3 is 20.1 Å². The van der Waals surface area contributed by atoms with Crippen LogP contribution in [0.25, 0.3) is 0 Å². The molecule has 0 bridgehead atoms. The van der Waals surface area contributed by atoms with Crippen LogP contribution in [0, 0.1) is 25.2 Å². The lowest BCUT2D eigenvalue weighted by atomic mass is 9.93. The van der Waals surface area contributed by atoms with Crippen LogP contribution in [0.4, 0.5) is 4.79 Å². The molecule has 0 spiro atoms. The van der Waals surface area contributed by atoms with Gasteiger partial charge in [0.2, 0.25) is 5.91 Å². The highest BCUT2D eigenvalue weighted by Crippen LogP contribution is 2.15. The summed E-state index contributed by atoms with van der Waals surface area (Å²) in [5.41, 5.74) is 3.34. The first-order chi connectivity index (χ1) is 15.8. The van der Waals surface area contributed by atoms with Crippen LogP contribution < -0.4 is 15.4 Å². The number of amides is 2. The zero-order valence-electron chi connectivity index (χ0n) is 19.9. The van der Waals surface area contributed by atoms with Crippen molar-refractivity contribution in [2.45, 2.75) is 52.7 Å². The van der Waals surface area contributed by atoms with E-state index < -0.39 is 12.1 Å². The lowest BCUT2D eigenvalue weighted by molar-refractivity contribution is -0.124. The number of alkyl carbamates (subject to hydrolysis) is 1. The van der Waals surface area contributed by atoms with Crippen LogP contribution in [0.15, 0.2) is 48.5 Å². The number of nitrogens with one attached hydrogen (secondary N) is 2. The van der Waals surface area contributed by atoms with Crippen LogP contribution in [0.3, 0.4) is 0 Å². The van der Waals surface area contributed by atoms with Gasteiger partial charge in [-0.3, -0.25) is 4.79 Å². The van der Waals surface area contributed by atoms with Crippen molar-refractivity contribution in [2.75, 3.05) is 13.2 Å². The number of carbonyl (C=O) groups is 2. The minimum Gasteiger partial charge on any atom is -0.481 e. The molecule has 0 aliphatic carbocycles. The summed E-state index contributed by atoms with van der Waals surface area (Å²) < 4.78 is 10.6. The maximum Gasteiger partial charge on any atom is 0.408 e. The van der Waals surface area contributed by atoms with Crippen LogP contribution >= 0.6 is 0 Å². The van der Waals surface area contributed by atoms with E-state index in [9.17, 15) is 9.59 Å². The summed E-state index contributed by atoms with van der Waals surface area (Å²) >= 11 is 0. The van der Waals surface area contributed by atoms with Gasteiger partial charge in [-0.05, 0) is 62.8 Å². The first kappa shape index (κ1) is 25.8. The second-order valence-corrected chi connectivity index (χ2v) is 8.42. The molecule has 0 unspecified atom stereocenters. The zero-order chi connectivity index (χ0) is 24.2. The Balaban J connectivity index is 1.97. The minimum absolute atomic E-state index is 0.125. The molecule has 2 rings (SSSR count). The normalized spacial score (nSPS) is 12.4. The van der Waals surface area contributed by atoms with E-state index in [0.29, 0.717) is 25.1 Å². The highest BCUT2D eigenvalue weighted by Gasteiger charge is 2.27. The minimum atomic E-state index is -0.711. The average molecular weight is 451 g/mol. The number of rotatable bonds is 11. The highest BCUT2D eigenvalue weighted by molar-refractivity contribution is 5.86. The molecule has 0 aliphatic heterocycles. The Kier molecular flexibility index (Phi) is 10.3. The molecule has 0 heterocycles. The predicted octanol–water partition coefficient (Wildman–Crippen LogP) is 4.05. The second-order valence-electron chi connectivity index (χ2n) is 8.42. The van der Waals surface area contributed by atoms with Crippen molar-refractivity contribution in [2.24, 2.45) is 5.92 Å². The lowest BCUT2D eigenvalue weighted by Gasteiger charge is -2.25. The molecule has 33 heavy (non-hydrogen) atoms. The third-order valence-corrected chi connectivity index (χ3v) is 5.10. The Morgan fingerprint density at radius 3 is 2.24 bits per heavy atom. The van der Waals surface area contributed by atoms with Crippen LogP contribution in [-0.2, 0) is 22.4 Å². The molecule has 0 fully saturated rings. The average Bonchev–Trinajstić information content (AvgIpc) is 2.77. The molecule has 6 heteroatoms. The maximum absolute atomic E-state index is 13.0. The van der Waals surface area contributed by atoms with Gasteiger partial charge in [0.05, 0.1) is 6.10 Å². The van der Waals surface area contributed by atoms with Gasteiger partial charge in [0, 0.05) is 6.54 Å². The van der Waals surface area contributed by atoms with Gasteiger partial charge in [-0.2, -0.15) is 0 Å². The number of terminal acetylenes is 1. The second kappa shape index (κ2) is 13.2. The van der Waals surface area contributed by atoms with Crippen molar-refractivity contribution in [1.82, 2.24) is 10.6 Å². The van der Waals surface area contributed by atoms with E-state index in [1.165, 1.54) is 5.56 Å². The van der Waals surface area contributed by atoms with E-state index in [1.54, 1.807) is 13.8 Å². The molecule has 2 aromatic rings. The summed E-state index contributed by atoms with van der Waals surface area (Å²) in [4.78, 5) is 25.2. The molecule has 0 aliphatic rings. The van der Waals surface area contributed by atoms with E-state index >= 15 is 0 Å². The van der Waals surface area contributed by atoms with Crippen LogP contribution in [0.1, 0.15) is 37.5 Å². The predicted molar refractivity (Wildman–Crippen MR) is 130 cm³/mol. The third kappa shape index (κ3) is 9.28. The Labute approximate surface area is 197 Å². The van der Waals surface area contributed by atoms with E-state index in [1.807, 2.05) is 62.4 Å². The van der Waals surface area contributed by atoms with Crippen LogP contribution in [-0.4, -0.2) is 37.3 Å². The van der Waals surface area contributed by atoms with Crippen molar-refractivity contribution in [3.8, 4) is 18.1 Å². The zero-order valence-corrected chi connectivity index (χ0v) is 19.9. The van der Waals surface area contributed by atoms with Crippen LogP contribution in [0.2, 0.25) is 0 Å². The van der Waals surface area contributed by atoms with Crippen molar-refractivity contribution < 1.29 is 19.1 Å². The van der Waals surface area contributed by atoms with E-state index in [-0.39, 0.29) is 24.5 Å².